The second-order valence-corrected chi connectivity index (χ2v) is 4.65. The van der Waals surface area contributed by atoms with Crippen molar-refractivity contribution in [3.63, 3.8) is 0 Å². The molecule has 94 valence electrons. The molecule has 0 saturated carbocycles. The minimum absolute atomic E-state index is 0.598. The van der Waals surface area contributed by atoms with Crippen LogP contribution in [-0.4, -0.2) is 24.2 Å². The highest BCUT2D eigenvalue weighted by Crippen LogP contribution is 2.34. The van der Waals surface area contributed by atoms with Crippen LogP contribution in [0.1, 0.15) is 4.88 Å². The van der Waals surface area contributed by atoms with Gasteiger partial charge in [0.15, 0.2) is 0 Å². The van der Waals surface area contributed by atoms with E-state index in [0.29, 0.717) is 16.5 Å². The molecule has 0 atom stereocenters. The van der Waals surface area contributed by atoms with Gasteiger partial charge in [-0.05, 0) is 12.1 Å². The van der Waals surface area contributed by atoms with Crippen LogP contribution in [0.25, 0.3) is 0 Å². The fourth-order valence-electron chi connectivity index (χ4n) is 1.48. The zero-order valence-corrected chi connectivity index (χ0v) is 11.6. The van der Waals surface area contributed by atoms with Gasteiger partial charge in [0, 0.05) is 6.20 Å². The molecule has 0 aliphatic heterocycles. The first-order valence-corrected chi connectivity index (χ1v) is 6.46. The van der Waals surface area contributed by atoms with E-state index < -0.39 is 0 Å². The number of aromatic nitrogens is 1. The first-order valence-electron chi connectivity index (χ1n) is 5.17. The molecule has 2 rings (SSSR count). The summed E-state index contributed by atoms with van der Waals surface area (Å²) in [5.41, 5.74) is 2.46. The standard InChI is InChI=1S/C12H12N2O2S2/c1-15-8-4-3-5-9(16-2)11(8)14-12(17)10-6-13-7-18-10/h3-7H,1-2H3,(H,14,17). The van der Waals surface area contributed by atoms with E-state index in [1.807, 2.05) is 18.2 Å². The molecule has 0 aliphatic rings. The number of rotatable bonds is 4. The number of anilines is 1. The van der Waals surface area contributed by atoms with Gasteiger partial charge in [-0.15, -0.1) is 11.3 Å². The normalized spacial score (nSPS) is 9.89. The smallest absolute Gasteiger partial charge is 0.146 e. The van der Waals surface area contributed by atoms with Crippen molar-refractivity contribution in [3.8, 4) is 11.5 Å². The minimum Gasteiger partial charge on any atom is -0.494 e. The van der Waals surface area contributed by atoms with Gasteiger partial charge < -0.3 is 14.8 Å². The number of thiazole rings is 1. The number of hydrogen-bond acceptors (Lipinski definition) is 5. The van der Waals surface area contributed by atoms with Crippen molar-refractivity contribution in [2.45, 2.75) is 0 Å². The Hall–Kier alpha value is -1.66. The summed E-state index contributed by atoms with van der Waals surface area (Å²) >= 11 is 6.80. The Balaban J connectivity index is 2.30. The number of nitrogens with one attached hydrogen (secondary N) is 1. The minimum atomic E-state index is 0.598. The van der Waals surface area contributed by atoms with Gasteiger partial charge in [0.25, 0.3) is 0 Å². The summed E-state index contributed by atoms with van der Waals surface area (Å²) in [7, 11) is 3.21. The van der Waals surface area contributed by atoms with Crippen molar-refractivity contribution < 1.29 is 9.47 Å². The van der Waals surface area contributed by atoms with Crippen LogP contribution >= 0.6 is 23.6 Å². The molecule has 0 saturated heterocycles. The summed E-state index contributed by atoms with van der Waals surface area (Å²) < 4.78 is 10.6. The summed E-state index contributed by atoms with van der Waals surface area (Å²) in [5, 5.41) is 3.14. The third-order valence-electron chi connectivity index (χ3n) is 2.32. The summed E-state index contributed by atoms with van der Waals surface area (Å²) in [5.74, 6) is 1.36. The predicted molar refractivity (Wildman–Crippen MR) is 77.0 cm³/mol. The summed E-state index contributed by atoms with van der Waals surface area (Å²) in [6.07, 6.45) is 1.72. The molecule has 0 fully saturated rings. The molecule has 0 spiro atoms. The molecule has 1 aromatic heterocycles. The molecule has 18 heavy (non-hydrogen) atoms. The topological polar surface area (TPSA) is 43.4 Å². The highest BCUT2D eigenvalue weighted by Gasteiger charge is 2.12. The lowest BCUT2D eigenvalue weighted by Gasteiger charge is -2.14. The van der Waals surface area contributed by atoms with Crippen LogP contribution in [-0.2, 0) is 0 Å². The third-order valence-corrected chi connectivity index (χ3v) is 3.56. The Morgan fingerprint density at radius 1 is 1.28 bits per heavy atom. The van der Waals surface area contributed by atoms with Gasteiger partial charge in [-0.3, -0.25) is 4.98 Å². The largest absolute Gasteiger partial charge is 0.494 e. The Labute approximate surface area is 115 Å². The zero-order chi connectivity index (χ0) is 13.0. The average molecular weight is 280 g/mol. The van der Waals surface area contributed by atoms with E-state index in [4.69, 9.17) is 21.7 Å². The highest BCUT2D eigenvalue weighted by atomic mass is 32.1. The molecule has 1 N–H and O–H groups in total. The average Bonchev–Trinajstić information content (AvgIpc) is 2.93. The first-order chi connectivity index (χ1) is 8.76. The second kappa shape index (κ2) is 5.79. The Morgan fingerprint density at radius 2 is 1.94 bits per heavy atom. The molecule has 4 nitrogen and oxygen atoms in total. The van der Waals surface area contributed by atoms with Gasteiger partial charge in [-0.25, -0.2) is 0 Å². The van der Waals surface area contributed by atoms with Crippen molar-refractivity contribution in [1.29, 1.82) is 0 Å². The van der Waals surface area contributed by atoms with E-state index in [0.717, 1.165) is 10.6 Å². The molecule has 6 heteroatoms. The van der Waals surface area contributed by atoms with Crippen LogP contribution in [0.2, 0.25) is 0 Å². The lowest BCUT2D eigenvalue weighted by molar-refractivity contribution is 0.398. The van der Waals surface area contributed by atoms with Crippen molar-refractivity contribution >= 4 is 34.2 Å². The number of nitrogens with zero attached hydrogens (tertiary/aromatic N) is 1. The number of ether oxygens (including phenoxy) is 2. The fraction of sp³-hybridized carbons (Fsp3) is 0.167. The van der Waals surface area contributed by atoms with Gasteiger partial charge in [-0.2, -0.15) is 0 Å². The number of thiocarbonyl (C=S) groups is 1. The van der Waals surface area contributed by atoms with Crippen molar-refractivity contribution in [3.05, 3.63) is 34.8 Å². The molecule has 0 radical (unpaired) electrons. The maximum Gasteiger partial charge on any atom is 0.146 e. The monoisotopic (exact) mass is 280 g/mol. The van der Waals surface area contributed by atoms with E-state index >= 15 is 0 Å². The Morgan fingerprint density at radius 3 is 2.44 bits per heavy atom. The van der Waals surface area contributed by atoms with E-state index in [9.17, 15) is 0 Å². The van der Waals surface area contributed by atoms with Crippen molar-refractivity contribution in [2.24, 2.45) is 0 Å². The molecule has 1 aromatic carbocycles. The lowest BCUT2D eigenvalue weighted by atomic mass is 10.2. The van der Waals surface area contributed by atoms with Gasteiger partial charge >= 0.3 is 0 Å². The maximum absolute atomic E-state index is 5.32. The number of methoxy groups -OCH3 is 2. The summed E-state index contributed by atoms with van der Waals surface area (Å²) in [6, 6.07) is 5.55. The van der Waals surface area contributed by atoms with E-state index in [-0.39, 0.29) is 0 Å². The van der Waals surface area contributed by atoms with Gasteiger partial charge in [-0.1, -0.05) is 18.3 Å². The second-order valence-electron chi connectivity index (χ2n) is 3.36. The molecule has 0 aliphatic carbocycles. The van der Waals surface area contributed by atoms with Crippen LogP contribution in [0.4, 0.5) is 5.69 Å². The van der Waals surface area contributed by atoms with Crippen molar-refractivity contribution in [2.75, 3.05) is 19.5 Å². The molecule has 2 aromatic rings. The maximum atomic E-state index is 5.32. The first kappa shape index (κ1) is 12.8. The summed E-state index contributed by atoms with van der Waals surface area (Å²) in [6.45, 7) is 0. The molecule has 1 heterocycles. The molecule has 0 amide bonds. The molecule has 0 unspecified atom stereocenters. The van der Waals surface area contributed by atoms with E-state index in [1.54, 1.807) is 25.9 Å². The van der Waals surface area contributed by atoms with Gasteiger partial charge in [0.2, 0.25) is 0 Å². The fourth-order valence-corrected chi connectivity index (χ4v) is 2.29. The van der Waals surface area contributed by atoms with Crippen LogP contribution in [0, 0.1) is 0 Å². The van der Waals surface area contributed by atoms with Gasteiger partial charge in [0.05, 0.1) is 24.6 Å². The lowest BCUT2D eigenvalue weighted by Crippen LogP contribution is -2.10. The van der Waals surface area contributed by atoms with Crippen LogP contribution < -0.4 is 14.8 Å². The highest BCUT2D eigenvalue weighted by molar-refractivity contribution is 7.81. The van der Waals surface area contributed by atoms with Crippen LogP contribution in [0.5, 0.6) is 11.5 Å². The van der Waals surface area contributed by atoms with E-state index in [1.165, 1.54) is 11.3 Å². The predicted octanol–water partition coefficient (Wildman–Crippen LogP) is 2.95. The summed E-state index contributed by atoms with van der Waals surface area (Å²) in [4.78, 5) is 5.50. The quantitative estimate of drug-likeness (QED) is 0.872. The number of hydrogen-bond donors (Lipinski definition) is 1. The van der Waals surface area contributed by atoms with Crippen LogP contribution in [0.3, 0.4) is 0 Å². The molecular formula is C12H12N2O2S2. The Bertz CT molecular complexity index is 519. The van der Waals surface area contributed by atoms with Crippen LogP contribution in [0.15, 0.2) is 29.9 Å². The zero-order valence-electron chi connectivity index (χ0n) is 9.97. The molecular weight excluding hydrogens is 268 g/mol. The van der Waals surface area contributed by atoms with Crippen molar-refractivity contribution in [1.82, 2.24) is 4.98 Å². The number of para-hydroxylation sites is 1. The van der Waals surface area contributed by atoms with E-state index in [2.05, 4.69) is 10.3 Å². The van der Waals surface area contributed by atoms with Gasteiger partial charge in [0.1, 0.15) is 22.2 Å². The number of benzene rings is 1. The Kier molecular flexibility index (Phi) is 4.11. The SMILES string of the molecule is COc1cccc(OC)c1NC(=S)c1cncs1. The third kappa shape index (κ3) is 2.60. The molecule has 0 bridgehead atoms.